The third-order valence-electron chi connectivity index (χ3n) is 3.65. The first-order valence-electron chi connectivity index (χ1n) is 5.53. The Morgan fingerprint density at radius 3 is 2.73 bits per heavy atom. The summed E-state index contributed by atoms with van der Waals surface area (Å²) in [7, 11) is 0. The fourth-order valence-corrected chi connectivity index (χ4v) is 2.70. The van der Waals surface area contributed by atoms with Gasteiger partial charge in [0.1, 0.15) is 0 Å². The lowest BCUT2D eigenvalue weighted by Crippen LogP contribution is -2.22. The summed E-state index contributed by atoms with van der Waals surface area (Å²) in [6, 6.07) is 6.76. The van der Waals surface area contributed by atoms with Crippen molar-refractivity contribution in [2.24, 2.45) is 5.73 Å². The summed E-state index contributed by atoms with van der Waals surface area (Å²) in [6.45, 7) is 4.33. The molecule has 0 spiro atoms. The standard InChI is InChI=1S/C13H18ClN/c1-9-3-4-10(7-12(9)14)13(2)6-5-11(15)8-13/h3-4,7,11H,5-6,8,15H2,1-2H3. The van der Waals surface area contributed by atoms with E-state index in [4.69, 9.17) is 17.3 Å². The molecule has 0 amide bonds. The van der Waals surface area contributed by atoms with E-state index in [0.717, 1.165) is 23.4 Å². The topological polar surface area (TPSA) is 26.0 Å². The normalized spacial score (nSPS) is 30.8. The zero-order chi connectivity index (χ0) is 11.1. The average Bonchev–Trinajstić information content (AvgIpc) is 2.52. The van der Waals surface area contributed by atoms with Crippen molar-refractivity contribution in [3.05, 3.63) is 34.3 Å². The van der Waals surface area contributed by atoms with E-state index >= 15 is 0 Å². The molecule has 0 bridgehead atoms. The molecule has 0 aromatic heterocycles. The van der Waals surface area contributed by atoms with Gasteiger partial charge in [-0.3, -0.25) is 0 Å². The van der Waals surface area contributed by atoms with Crippen molar-refractivity contribution in [3.63, 3.8) is 0 Å². The molecular weight excluding hydrogens is 206 g/mol. The molecule has 15 heavy (non-hydrogen) atoms. The van der Waals surface area contributed by atoms with Gasteiger partial charge in [0.25, 0.3) is 0 Å². The van der Waals surface area contributed by atoms with Gasteiger partial charge in [0.2, 0.25) is 0 Å². The number of rotatable bonds is 1. The summed E-state index contributed by atoms with van der Waals surface area (Å²) < 4.78 is 0. The predicted molar refractivity (Wildman–Crippen MR) is 65.4 cm³/mol. The molecule has 1 fully saturated rings. The van der Waals surface area contributed by atoms with E-state index in [1.54, 1.807) is 0 Å². The average molecular weight is 224 g/mol. The molecule has 1 aromatic carbocycles. The van der Waals surface area contributed by atoms with Gasteiger partial charge in [0.05, 0.1) is 0 Å². The van der Waals surface area contributed by atoms with Gasteiger partial charge in [-0.05, 0) is 48.8 Å². The monoisotopic (exact) mass is 223 g/mol. The third-order valence-corrected chi connectivity index (χ3v) is 4.06. The first-order valence-corrected chi connectivity index (χ1v) is 5.91. The van der Waals surface area contributed by atoms with Crippen LogP contribution < -0.4 is 5.73 Å². The second-order valence-electron chi connectivity index (χ2n) is 5.03. The van der Waals surface area contributed by atoms with Gasteiger partial charge in [-0.15, -0.1) is 0 Å². The van der Waals surface area contributed by atoms with E-state index in [9.17, 15) is 0 Å². The highest BCUT2D eigenvalue weighted by molar-refractivity contribution is 6.31. The molecule has 1 aliphatic rings. The number of aryl methyl sites for hydroxylation is 1. The predicted octanol–water partition coefficient (Wildman–Crippen LogP) is 3.42. The number of hydrogen-bond acceptors (Lipinski definition) is 1. The highest BCUT2D eigenvalue weighted by atomic mass is 35.5. The molecular formula is C13H18ClN. The Morgan fingerprint density at radius 1 is 1.47 bits per heavy atom. The van der Waals surface area contributed by atoms with Crippen LogP contribution in [0.15, 0.2) is 18.2 Å². The molecule has 82 valence electrons. The molecule has 2 N–H and O–H groups in total. The molecule has 1 saturated carbocycles. The van der Waals surface area contributed by atoms with E-state index in [0.29, 0.717) is 6.04 Å². The number of benzene rings is 1. The first kappa shape index (κ1) is 11.0. The molecule has 2 atom stereocenters. The van der Waals surface area contributed by atoms with E-state index in [1.807, 2.05) is 6.92 Å². The number of nitrogens with two attached hydrogens (primary N) is 1. The van der Waals surface area contributed by atoms with E-state index < -0.39 is 0 Å². The summed E-state index contributed by atoms with van der Waals surface area (Å²) in [4.78, 5) is 0. The van der Waals surface area contributed by atoms with Crippen LogP contribution in [0.4, 0.5) is 0 Å². The fraction of sp³-hybridized carbons (Fsp3) is 0.538. The first-order chi connectivity index (χ1) is 7.01. The van der Waals surface area contributed by atoms with Crippen LogP contribution in [-0.2, 0) is 5.41 Å². The van der Waals surface area contributed by atoms with Crippen molar-refractivity contribution in [3.8, 4) is 0 Å². The van der Waals surface area contributed by atoms with Gasteiger partial charge in [0, 0.05) is 11.1 Å². The van der Waals surface area contributed by atoms with E-state index in [2.05, 4.69) is 25.1 Å². The van der Waals surface area contributed by atoms with Crippen molar-refractivity contribution >= 4 is 11.6 Å². The highest BCUT2D eigenvalue weighted by Crippen LogP contribution is 2.41. The van der Waals surface area contributed by atoms with E-state index in [-0.39, 0.29) is 5.41 Å². The van der Waals surface area contributed by atoms with Gasteiger partial charge in [-0.1, -0.05) is 30.7 Å². The van der Waals surface area contributed by atoms with Crippen LogP contribution >= 0.6 is 11.6 Å². The summed E-state index contributed by atoms with van der Waals surface area (Å²) >= 11 is 6.16. The molecule has 0 heterocycles. The Hall–Kier alpha value is -0.530. The van der Waals surface area contributed by atoms with Crippen molar-refractivity contribution in [1.29, 1.82) is 0 Å². The molecule has 1 aromatic rings. The van der Waals surface area contributed by atoms with Crippen LogP contribution in [0.25, 0.3) is 0 Å². The van der Waals surface area contributed by atoms with Gasteiger partial charge >= 0.3 is 0 Å². The second kappa shape index (κ2) is 3.80. The highest BCUT2D eigenvalue weighted by Gasteiger charge is 2.34. The maximum atomic E-state index is 6.16. The molecule has 2 rings (SSSR count). The number of hydrogen-bond donors (Lipinski definition) is 1. The summed E-state index contributed by atoms with van der Waals surface area (Å²) in [5.41, 5.74) is 8.70. The summed E-state index contributed by atoms with van der Waals surface area (Å²) in [5.74, 6) is 0. The SMILES string of the molecule is Cc1ccc(C2(C)CCC(N)C2)cc1Cl. The fourth-order valence-electron chi connectivity index (χ4n) is 2.52. The Morgan fingerprint density at radius 2 is 2.20 bits per heavy atom. The van der Waals surface area contributed by atoms with Crippen molar-refractivity contribution < 1.29 is 0 Å². The minimum Gasteiger partial charge on any atom is -0.328 e. The van der Waals surface area contributed by atoms with Crippen LogP contribution in [0.5, 0.6) is 0 Å². The van der Waals surface area contributed by atoms with Crippen LogP contribution in [0.3, 0.4) is 0 Å². The molecule has 2 heteroatoms. The zero-order valence-electron chi connectivity index (χ0n) is 9.39. The zero-order valence-corrected chi connectivity index (χ0v) is 10.1. The van der Waals surface area contributed by atoms with Gasteiger partial charge in [-0.25, -0.2) is 0 Å². The summed E-state index contributed by atoms with van der Waals surface area (Å²) in [5, 5.41) is 0.870. The Balaban J connectivity index is 2.33. The minimum atomic E-state index is 0.233. The van der Waals surface area contributed by atoms with Gasteiger partial charge < -0.3 is 5.73 Å². The van der Waals surface area contributed by atoms with Crippen molar-refractivity contribution in [1.82, 2.24) is 0 Å². The van der Waals surface area contributed by atoms with Crippen molar-refractivity contribution in [2.45, 2.75) is 44.6 Å². The molecule has 0 aliphatic heterocycles. The molecule has 0 saturated heterocycles. The quantitative estimate of drug-likeness (QED) is 0.776. The lowest BCUT2D eigenvalue weighted by molar-refractivity contribution is 0.482. The van der Waals surface area contributed by atoms with Crippen LogP contribution in [0.1, 0.15) is 37.3 Å². The van der Waals surface area contributed by atoms with E-state index in [1.165, 1.54) is 12.0 Å². The Kier molecular flexibility index (Phi) is 2.78. The maximum Gasteiger partial charge on any atom is 0.0438 e. The molecule has 2 unspecified atom stereocenters. The largest absolute Gasteiger partial charge is 0.328 e. The smallest absolute Gasteiger partial charge is 0.0438 e. The lowest BCUT2D eigenvalue weighted by atomic mass is 9.80. The molecule has 1 nitrogen and oxygen atoms in total. The van der Waals surface area contributed by atoms with Crippen LogP contribution in [0.2, 0.25) is 5.02 Å². The summed E-state index contributed by atoms with van der Waals surface area (Å²) in [6.07, 6.45) is 3.38. The third kappa shape index (κ3) is 2.04. The van der Waals surface area contributed by atoms with Crippen molar-refractivity contribution in [2.75, 3.05) is 0 Å². The van der Waals surface area contributed by atoms with Gasteiger partial charge in [-0.2, -0.15) is 0 Å². The molecule has 1 aliphatic carbocycles. The van der Waals surface area contributed by atoms with Crippen LogP contribution in [-0.4, -0.2) is 6.04 Å². The molecule has 0 radical (unpaired) electrons. The Labute approximate surface area is 96.6 Å². The second-order valence-corrected chi connectivity index (χ2v) is 5.43. The maximum absolute atomic E-state index is 6.16. The Bertz CT molecular complexity index is 375. The lowest BCUT2D eigenvalue weighted by Gasteiger charge is -2.25. The van der Waals surface area contributed by atoms with Gasteiger partial charge in [0.15, 0.2) is 0 Å². The minimum absolute atomic E-state index is 0.233. The number of halogens is 1. The van der Waals surface area contributed by atoms with Crippen LogP contribution in [0, 0.1) is 6.92 Å².